The Morgan fingerprint density at radius 3 is 2.93 bits per heavy atom. The Morgan fingerprint density at radius 2 is 2.40 bits per heavy atom. The average Bonchev–Trinajstić information content (AvgIpc) is 2.67. The van der Waals surface area contributed by atoms with Crippen molar-refractivity contribution in [1.29, 1.82) is 5.26 Å². The summed E-state index contributed by atoms with van der Waals surface area (Å²) in [6, 6.07) is 3.74. The summed E-state index contributed by atoms with van der Waals surface area (Å²) in [6.07, 6.45) is 2.95. The van der Waals surface area contributed by atoms with Gasteiger partial charge in [0.05, 0.1) is 5.69 Å². The van der Waals surface area contributed by atoms with Crippen molar-refractivity contribution in [3.05, 3.63) is 17.8 Å². The highest BCUT2D eigenvalue weighted by Crippen LogP contribution is 2.24. The molecule has 2 heterocycles. The van der Waals surface area contributed by atoms with Crippen molar-refractivity contribution in [2.45, 2.75) is 12.3 Å². The number of anilines is 1. The van der Waals surface area contributed by atoms with E-state index in [9.17, 15) is 0 Å². The third-order valence-electron chi connectivity index (χ3n) is 2.68. The molecule has 5 nitrogen and oxygen atoms in total. The fourth-order valence-corrected chi connectivity index (χ4v) is 1.86. The lowest BCUT2D eigenvalue weighted by molar-refractivity contribution is 0.410. The fourth-order valence-electron chi connectivity index (χ4n) is 1.86. The third-order valence-corrected chi connectivity index (χ3v) is 2.68. The predicted octanol–water partition coefficient (Wildman–Crippen LogP) is 0.789. The predicted molar refractivity (Wildman–Crippen MR) is 56.1 cm³/mol. The van der Waals surface area contributed by atoms with Crippen LogP contribution in [0.25, 0.3) is 0 Å². The number of nitriles is 1. The van der Waals surface area contributed by atoms with Crippen molar-refractivity contribution in [2.24, 2.45) is 0 Å². The smallest absolute Gasteiger partial charge is 0.182 e. The maximum Gasteiger partial charge on any atom is 0.182 e. The molecule has 1 aromatic heterocycles. The molecule has 0 amide bonds. The standard InChI is InChI=1S/C10H13N5/c1-15-5-4-8(6-15)9-2-3-10(12-7-11)14-13-9/h2-3,8H,4-6H2,1H3,(H,12,14). The summed E-state index contributed by atoms with van der Waals surface area (Å²) in [5, 5.41) is 18.9. The molecule has 1 saturated heterocycles. The Labute approximate surface area is 88.7 Å². The van der Waals surface area contributed by atoms with Crippen LogP contribution in [0.4, 0.5) is 5.82 Å². The number of aromatic nitrogens is 2. The molecule has 78 valence electrons. The molecule has 5 heteroatoms. The Bertz CT molecular complexity index is 366. The summed E-state index contributed by atoms with van der Waals surface area (Å²) in [7, 11) is 2.11. The molecular weight excluding hydrogens is 190 g/mol. The quantitative estimate of drug-likeness (QED) is 0.568. The van der Waals surface area contributed by atoms with E-state index in [1.165, 1.54) is 0 Å². The Morgan fingerprint density at radius 1 is 1.53 bits per heavy atom. The van der Waals surface area contributed by atoms with Gasteiger partial charge in [-0.3, -0.25) is 5.32 Å². The van der Waals surface area contributed by atoms with Gasteiger partial charge in [0.25, 0.3) is 0 Å². The number of nitrogens with one attached hydrogen (secondary N) is 1. The van der Waals surface area contributed by atoms with E-state index in [4.69, 9.17) is 5.26 Å². The minimum Gasteiger partial charge on any atom is -0.306 e. The zero-order chi connectivity index (χ0) is 10.7. The van der Waals surface area contributed by atoms with Gasteiger partial charge in [-0.15, -0.1) is 5.10 Å². The second kappa shape index (κ2) is 4.24. The molecule has 1 unspecified atom stereocenters. The largest absolute Gasteiger partial charge is 0.306 e. The van der Waals surface area contributed by atoms with Crippen LogP contribution in [0, 0.1) is 11.5 Å². The van der Waals surface area contributed by atoms with E-state index in [0.717, 1.165) is 25.2 Å². The van der Waals surface area contributed by atoms with Gasteiger partial charge in [-0.25, -0.2) is 0 Å². The first-order valence-corrected chi connectivity index (χ1v) is 4.97. The second-order valence-electron chi connectivity index (χ2n) is 3.83. The zero-order valence-electron chi connectivity index (χ0n) is 8.64. The molecule has 2 rings (SSSR count). The van der Waals surface area contributed by atoms with E-state index < -0.39 is 0 Å². The molecule has 0 spiro atoms. The van der Waals surface area contributed by atoms with Gasteiger partial charge in [-0.2, -0.15) is 10.4 Å². The first kappa shape index (κ1) is 9.87. The molecular formula is C10H13N5. The maximum absolute atomic E-state index is 8.40. The highest BCUT2D eigenvalue weighted by molar-refractivity contribution is 5.37. The van der Waals surface area contributed by atoms with Crippen LogP contribution < -0.4 is 5.32 Å². The molecule has 1 atom stereocenters. The monoisotopic (exact) mass is 203 g/mol. The summed E-state index contributed by atoms with van der Waals surface area (Å²) in [6.45, 7) is 2.16. The van der Waals surface area contributed by atoms with Crippen LogP contribution in [-0.2, 0) is 0 Å². The van der Waals surface area contributed by atoms with Crippen molar-refractivity contribution in [3.63, 3.8) is 0 Å². The van der Waals surface area contributed by atoms with Gasteiger partial charge in [0.2, 0.25) is 0 Å². The lowest BCUT2D eigenvalue weighted by Crippen LogP contribution is -2.14. The summed E-state index contributed by atoms with van der Waals surface area (Å²) < 4.78 is 0. The third kappa shape index (κ3) is 2.22. The summed E-state index contributed by atoms with van der Waals surface area (Å²) in [5.41, 5.74) is 1.02. The van der Waals surface area contributed by atoms with Gasteiger partial charge in [0, 0.05) is 12.5 Å². The Kier molecular flexibility index (Phi) is 2.79. The van der Waals surface area contributed by atoms with Gasteiger partial charge in [0.1, 0.15) is 0 Å². The molecule has 0 radical (unpaired) electrons. The molecule has 1 aliphatic rings. The normalized spacial score (nSPS) is 21.2. The van der Waals surface area contributed by atoms with Crippen LogP contribution in [0.2, 0.25) is 0 Å². The van der Waals surface area contributed by atoms with Crippen LogP contribution in [-0.4, -0.2) is 35.2 Å². The van der Waals surface area contributed by atoms with E-state index in [0.29, 0.717) is 11.7 Å². The number of nitrogens with zero attached hydrogens (tertiary/aromatic N) is 4. The lowest BCUT2D eigenvalue weighted by Gasteiger charge is -2.08. The van der Waals surface area contributed by atoms with Crippen molar-refractivity contribution >= 4 is 5.82 Å². The molecule has 1 aromatic rings. The number of rotatable bonds is 2. The van der Waals surface area contributed by atoms with Crippen molar-refractivity contribution in [1.82, 2.24) is 15.1 Å². The highest BCUT2D eigenvalue weighted by Gasteiger charge is 2.22. The molecule has 0 saturated carbocycles. The van der Waals surface area contributed by atoms with Crippen molar-refractivity contribution in [2.75, 3.05) is 25.5 Å². The minimum absolute atomic E-state index is 0.485. The molecule has 1 N–H and O–H groups in total. The first-order valence-electron chi connectivity index (χ1n) is 4.97. The Hall–Kier alpha value is -1.67. The topological polar surface area (TPSA) is 64.8 Å². The maximum atomic E-state index is 8.40. The SMILES string of the molecule is CN1CCC(c2ccc(NC#N)nn2)C1. The summed E-state index contributed by atoms with van der Waals surface area (Å²) in [5.74, 6) is 0.992. The minimum atomic E-state index is 0.485. The molecule has 15 heavy (non-hydrogen) atoms. The molecule has 1 aliphatic heterocycles. The van der Waals surface area contributed by atoms with Gasteiger partial charge in [0.15, 0.2) is 12.0 Å². The van der Waals surface area contributed by atoms with E-state index in [1.807, 2.05) is 12.3 Å². The first-order chi connectivity index (χ1) is 7.29. The van der Waals surface area contributed by atoms with Crippen LogP contribution >= 0.6 is 0 Å². The summed E-state index contributed by atoms with van der Waals surface area (Å²) in [4.78, 5) is 2.29. The fraction of sp³-hybridized carbons (Fsp3) is 0.500. The summed E-state index contributed by atoms with van der Waals surface area (Å²) >= 11 is 0. The van der Waals surface area contributed by atoms with Gasteiger partial charge >= 0.3 is 0 Å². The van der Waals surface area contributed by atoms with E-state index in [2.05, 4.69) is 27.5 Å². The number of hydrogen-bond acceptors (Lipinski definition) is 5. The highest BCUT2D eigenvalue weighted by atomic mass is 15.2. The Balaban J connectivity index is 2.07. The van der Waals surface area contributed by atoms with Crippen molar-refractivity contribution in [3.8, 4) is 6.19 Å². The lowest BCUT2D eigenvalue weighted by atomic mass is 10.1. The van der Waals surface area contributed by atoms with E-state index in [1.54, 1.807) is 6.07 Å². The molecule has 0 aromatic carbocycles. The van der Waals surface area contributed by atoms with E-state index >= 15 is 0 Å². The molecule has 0 aliphatic carbocycles. The number of likely N-dealkylation sites (tertiary alicyclic amines) is 1. The van der Waals surface area contributed by atoms with Crippen LogP contribution in [0.1, 0.15) is 18.0 Å². The average molecular weight is 203 g/mol. The number of likely N-dealkylation sites (N-methyl/N-ethyl adjacent to an activating group) is 1. The second-order valence-corrected chi connectivity index (χ2v) is 3.83. The van der Waals surface area contributed by atoms with Gasteiger partial charge in [-0.1, -0.05) is 0 Å². The van der Waals surface area contributed by atoms with Crippen LogP contribution in [0.5, 0.6) is 0 Å². The van der Waals surface area contributed by atoms with Crippen molar-refractivity contribution < 1.29 is 0 Å². The molecule has 0 bridgehead atoms. The van der Waals surface area contributed by atoms with Gasteiger partial charge in [-0.05, 0) is 32.1 Å². The van der Waals surface area contributed by atoms with Crippen LogP contribution in [0.15, 0.2) is 12.1 Å². The zero-order valence-corrected chi connectivity index (χ0v) is 8.64. The van der Waals surface area contributed by atoms with E-state index in [-0.39, 0.29) is 0 Å². The number of hydrogen-bond donors (Lipinski definition) is 1. The van der Waals surface area contributed by atoms with Gasteiger partial charge < -0.3 is 4.90 Å². The molecule has 1 fully saturated rings. The van der Waals surface area contributed by atoms with Crippen LogP contribution in [0.3, 0.4) is 0 Å².